The molecule has 0 aliphatic heterocycles. The van der Waals surface area contributed by atoms with Gasteiger partial charge >= 0.3 is 15.6 Å². The Labute approximate surface area is 124 Å². The van der Waals surface area contributed by atoms with E-state index in [1.807, 2.05) is 0 Å². The first kappa shape index (κ1) is 15.7. The fourth-order valence-corrected chi connectivity index (χ4v) is 2.22. The number of alkyl halides is 3. The van der Waals surface area contributed by atoms with Crippen molar-refractivity contribution in [3.63, 3.8) is 0 Å². The highest BCUT2D eigenvalue weighted by atomic mass is 35.5. The van der Waals surface area contributed by atoms with Crippen LogP contribution in [-0.2, 0) is 10.1 Å². The Bertz CT molecular complexity index is 757. The lowest BCUT2D eigenvalue weighted by Gasteiger charge is -2.10. The maximum Gasteiger partial charge on any atom is 0.534 e. The molecule has 0 atom stereocenters. The van der Waals surface area contributed by atoms with Gasteiger partial charge in [-0.2, -0.15) is 21.6 Å². The molecule has 0 amide bonds. The van der Waals surface area contributed by atoms with E-state index in [2.05, 4.69) is 10.2 Å². The van der Waals surface area contributed by atoms with Crippen LogP contribution in [-0.4, -0.2) is 13.9 Å². The molecular formula is C13H7ClF3O3S. The minimum Gasteiger partial charge on any atom is -0.376 e. The van der Waals surface area contributed by atoms with E-state index < -0.39 is 21.4 Å². The molecule has 0 aliphatic rings. The molecule has 8 heteroatoms. The average molecular weight is 336 g/mol. The lowest BCUT2D eigenvalue weighted by molar-refractivity contribution is -0.0500. The molecule has 2 aromatic rings. The molecule has 2 rings (SSSR count). The Morgan fingerprint density at radius 3 is 2.48 bits per heavy atom. The van der Waals surface area contributed by atoms with Gasteiger partial charge in [-0.3, -0.25) is 0 Å². The largest absolute Gasteiger partial charge is 0.534 e. The van der Waals surface area contributed by atoms with Crippen LogP contribution in [0, 0.1) is 6.07 Å². The van der Waals surface area contributed by atoms with Gasteiger partial charge in [0.25, 0.3) is 0 Å². The van der Waals surface area contributed by atoms with Gasteiger partial charge in [-0.15, -0.1) is 0 Å². The highest BCUT2D eigenvalue weighted by molar-refractivity contribution is 7.88. The van der Waals surface area contributed by atoms with E-state index in [0.29, 0.717) is 11.1 Å². The van der Waals surface area contributed by atoms with Crippen molar-refractivity contribution < 1.29 is 25.8 Å². The molecule has 0 aliphatic carbocycles. The van der Waals surface area contributed by atoms with E-state index in [0.717, 1.165) is 12.1 Å². The molecule has 0 N–H and O–H groups in total. The smallest absolute Gasteiger partial charge is 0.376 e. The van der Waals surface area contributed by atoms with Gasteiger partial charge in [0.05, 0.1) is 5.02 Å². The van der Waals surface area contributed by atoms with Crippen LogP contribution in [0.4, 0.5) is 13.2 Å². The fraction of sp³-hybridized carbons (Fsp3) is 0.0769. The molecule has 0 spiro atoms. The van der Waals surface area contributed by atoms with Gasteiger partial charge in [0.2, 0.25) is 0 Å². The van der Waals surface area contributed by atoms with Crippen LogP contribution in [0.25, 0.3) is 11.1 Å². The molecule has 0 aromatic heterocycles. The average Bonchev–Trinajstić information content (AvgIpc) is 2.37. The molecule has 3 nitrogen and oxygen atoms in total. The Morgan fingerprint density at radius 1 is 1.14 bits per heavy atom. The summed E-state index contributed by atoms with van der Waals surface area (Å²) in [6, 6.07) is 12.7. The number of halogens is 4. The van der Waals surface area contributed by atoms with Crippen LogP contribution in [0.15, 0.2) is 42.5 Å². The van der Waals surface area contributed by atoms with E-state index in [1.165, 1.54) is 6.07 Å². The third-order valence-corrected chi connectivity index (χ3v) is 3.73. The highest BCUT2D eigenvalue weighted by Crippen LogP contribution is 2.32. The number of benzene rings is 2. The Morgan fingerprint density at radius 2 is 1.86 bits per heavy atom. The third-order valence-electron chi connectivity index (χ3n) is 2.44. The van der Waals surface area contributed by atoms with Crippen molar-refractivity contribution in [2.24, 2.45) is 0 Å². The number of hydrogen-bond acceptors (Lipinski definition) is 3. The van der Waals surface area contributed by atoms with Crippen LogP contribution in [0.3, 0.4) is 0 Å². The summed E-state index contributed by atoms with van der Waals surface area (Å²) in [5, 5.41) is 0.258. The minimum atomic E-state index is -5.70. The summed E-state index contributed by atoms with van der Waals surface area (Å²) < 4.78 is 62.8. The maximum absolute atomic E-state index is 12.3. The summed E-state index contributed by atoms with van der Waals surface area (Å²) in [7, 11) is -5.70. The summed E-state index contributed by atoms with van der Waals surface area (Å²) in [6.45, 7) is 0. The van der Waals surface area contributed by atoms with Crippen molar-refractivity contribution in [1.82, 2.24) is 0 Å². The van der Waals surface area contributed by atoms with Crippen LogP contribution < -0.4 is 4.18 Å². The second-order valence-corrected chi connectivity index (χ2v) is 5.82. The predicted octanol–water partition coefficient (Wildman–Crippen LogP) is 4.04. The SMILES string of the molecule is O=S(=O)(Oc1cccc(-c2ccc[c]c2Cl)c1)C(F)(F)F. The van der Waals surface area contributed by atoms with Gasteiger partial charge in [0.15, 0.2) is 0 Å². The molecule has 111 valence electrons. The monoisotopic (exact) mass is 335 g/mol. The summed E-state index contributed by atoms with van der Waals surface area (Å²) >= 11 is 5.92. The second-order valence-electron chi connectivity index (χ2n) is 3.91. The molecule has 0 saturated carbocycles. The van der Waals surface area contributed by atoms with E-state index >= 15 is 0 Å². The zero-order valence-corrected chi connectivity index (χ0v) is 11.8. The molecule has 21 heavy (non-hydrogen) atoms. The Kier molecular flexibility index (Phi) is 4.15. The lowest BCUT2D eigenvalue weighted by Crippen LogP contribution is -2.28. The molecule has 2 aromatic carbocycles. The lowest BCUT2D eigenvalue weighted by atomic mass is 10.1. The Hall–Kier alpha value is -1.73. The minimum absolute atomic E-state index is 0.258. The van der Waals surface area contributed by atoms with E-state index in [9.17, 15) is 21.6 Å². The zero-order valence-electron chi connectivity index (χ0n) is 10.2. The summed E-state index contributed by atoms with van der Waals surface area (Å²) in [5.41, 5.74) is -4.58. The van der Waals surface area contributed by atoms with E-state index in [1.54, 1.807) is 24.3 Å². The standard InChI is InChI=1S/C13H7ClF3O3S/c14-12-7-2-1-6-11(12)9-4-3-5-10(8-9)20-21(18,19)13(15,16)17/h1-6,8H. The first-order valence-electron chi connectivity index (χ1n) is 5.48. The van der Waals surface area contributed by atoms with E-state index in [-0.39, 0.29) is 5.02 Å². The molecule has 0 unspecified atom stereocenters. The normalized spacial score (nSPS) is 12.2. The van der Waals surface area contributed by atoms with Gasteiger partial charge in [-0.05, 0) is 17.7 Å². The topological polar surface area (TPSA) is 43.4 Å². The van der Waals surface area contributed by atoms with Crippen molar-refractivity contribution in [2.45, 2.75) is 5.51 Å². The van der Waals surface area contributed by atoms with Crippen LogP contribution in [0.5, 0.6) is 5.75 Å². The number of rotatable bonds is 3. The fourth-order valence-electron chi connectivity index (χ4n) is 1.53. The zero-order chi connectivity index (χ0) is 15.7. The summed E-state index contributed by atoms with van der Waals surface area (Å²) in [6.07, 6.45) is 0. The van der Waals surface area contributed by atoms with Crippen molar-refractivity contribution in [2.75, 3.05) is 0 Å². The molecule has 0 heterocycles. The molecule has 0 saturated heterocycles. The van der Waals surface area contributed by atoms with Crippen molar-refractivity contribution >= 4 is 21.7 Å². The molecule has 1 radical (unpaired) electrons. The molecule has 0 fully saturated rings. The van der Waals surface area contributed by atoms with Gasteiger partial charge in [0.1, 0.15) is 5.75 Å². The van der Waals surface area contributed by atoms with Gasteiger partial charge in [-0.1, -0.05) is 41.9 Å². The Balaban J connectivity index is 2.38. The first-order valence-corrected chi connectivity index (χ1v) is 7.27. The van der Waals surface area contributed by atoms with Crippen LogP contribution in [0.1, 0.15) is 0 Å². The van der Waals surface area contributed by atoms with Gasteiger partial charge in [-0.25, -0.2) is 0 Å². The predicted molar refractivity (Wildman–Crippen MR) is 71.3 cm³/mol. The molecule has 0 bridgehead atoms. The van der Waals surface area contributed by atoms with Crippen molar-refractivity contribution in [3.8, 4) is 16.9 Å². The summed E-state index contributed by atoms with van der Waals surface area (Å²) in [4.78, 5) is 0. The van der Waals surface area contributed by atoms with Gasteiger partial charge in [0, 0.05) is 11.6 Å². The third kappa shape index (κ3) is 3.48. The van der Waals surface area contributed by atoms with Crippen molar-refractivity contribution in [3.05, 3.63) is 53.6 Å². The second kappa shape index (κ2) is 5.57. The first-order chi connectivity index (χ1) is 9.71. The molecular weight excluding hydrogens is 329 g/mol. The summed E-state index contributed by atoms with van der Waals surface area (Å²) in [5.74, 6) is -0.454. The highest BCUT2D eigenvalue weighted by Gasteiger charge is 2.48. The van der Waals surface area contributed by atoms with Crippen LogP contribution >= 0.6 is 11.6 Å². The quantitative estimate of drug-likeness (QED) is 0.628. The van der Waals surface area contributed by atoms with E-state index in [4.69, 9.17) is 11.6 Å². The van der Waals surface area contributed by atoms with Crippen molar-refractivity contribution in [1.29, 1.82) is 0 Å². The van der Waals surface area contributed by atoms with Crippen LogP contribution in [0.2, 0.25) is 5.02 Å². The number of hydrogen-bond donors (Lipinski definition) is 0. The maximum atomic E-state index is 12.3. The van der Waals surface area contributed by atoms with Gasteiger partial charge < -0.3 is 4.18 Å².